The number of hydrogen-bond donors (Lipinski definition) is 0. The van der Waals surface area contributed by atoms with Gasteiger partial charge in [0.05, 0.1) is 25.6 Å². The molecule has 1 atom stereocenters. The minimum absolute atomic E-state index is 0.132. The highest BCUT2D eigenvalue weighted by atomic mass is 16.5. The molecule has 0 spiro atoms. The van der Waals surface area contributed by atoms with E-state index in [-0.39, 0.29) is 11.8 Å². The Kier molecular flexibility index (Phi) is 4.20. The third-order valence-corrected chi connectivity index (χ3v) is 4.21. The van der Waals surface area contributed by atoms with Gasteiger partial charge in [0.25, 0.3) is 5.91 Å². The lowest BCUT2D eigenvalue weighted by molar-refractivity contribution is 0.0668. The van der Waals surface area contributed by atoms with Crippen LogP contribution < -0.4 is 4.74 Å². The maximum atomic E-state index is 12.7. The molecule has 128 valence electrons. The number of rotatable bonds is 4. The smallest absolute Gasteiger partial charge is 0.289 e. The summed E-state index contributed by atoms with van der Waals surface area (Å²) >= 11 is 0. The van der Waals surface area contributed by atoms with E-state index in [1.165, 1.54) is 6.26 Å². The van der Waals surface area contributed by atoms with Crippen LogP contribution in [-0.2, 0) is 13.1 Å². The number of carbonyl (C=O) groups excluding carboxylic acids is 1. The monoisotopic (exact) mass is 338 g/mol. The van der Waals surface area contributed by atoms with Gasteiger partial charge in [-0.3, -0.25) is 9.78 Å². The average Bonchev–Trinajstić information content (AvgIpc) is 3.29. The molecule has 3 aromatic heterocycles. The first-order chi connectivity index (χ1) is 12.3. The zero-order valence-corrected chi connectivity index (χ0v) is 13.6. The number of carbonyl (C=O) groups is 1. The van der Waals surface area contributed by atoms with Crippen molar-refractivity contribution < 1.29 is 13.9 Å². The molecule has 0 saturated heterocycles. The van der Waals surface area contributed by atoms with E-state index < -0.39 is 0 Å². The molecule has 0 saturated carbocycles. The average molecular weight is 338 g/mol. The predicted molar refractivity (Wildman–Crippen MR) is 88.9 cm³/mol. The topological polar surface area (TPSA) is 73.4 Å². The molecule has 0 unspecified atom stereocenters. The van der Waals surface area contributed by atoms with Gasteiger partial charge >= 0.3 is 0 Å². The summed E-state index contributed by atoms with van der Waals surface area (Å²) in [6, 6.07) is 7.11. The van der Waals surface area contributed by atoms with Gasteiger partial charge in [0.15, 0.2) is 5.76 Å². The molecule has 1 aliphatic rings. The molecule has 0 radical (unpaired) electrons. The summed E-state index contributed by atoms with van der Waals surface area (Å²) in [4.78, 5) is 22.9. The Morgan fingerprint density at radius 2 is 2.24 bits per heavy atom. The number of nitrogens with zero attached hydrogens (tertiary/aromatic N) is 4. The lowest BCUT2D eigenvalue weighted by Gasteiger charge is -2.23. The zero-order valence-electron chi connectivity index (χ0n) is 13.6. The Bertz CT molecular complexity index is 829. The van der Waals surface area contributed by atoms with Crippen molar-refractivity contribution in [2.75, 3.05) is 13.2 Å². The minimum atomic E-state index is -0.132. The molecule has 0 aliphatic carbocycles. The van der Waals surface area contributed by atoms with Gasteiger partial charge in [-0.25, -0.2) is 4.98 Å². The Morgan fingerprint density at radius 3 is 3.04 bits per heavy atom. The molecule has 4 heterocycles. The molecule has 7 nitrogen and oxygen atoms in total. The van der Waals surface area contributed by atoms with Crippen LogP contribution in [0.4, 0.5) is 0 Å². The van der Waals surface area contributed by atoms with E-state index in [2.05, 4.69) is 14.5 Å². The molecule has 0 N–H and O–H groups in total. The van der Waals surface area contributed by atoms with E-state index >= 15 is 0 Å². The van der Waals surface area contributed by atoms with Crippen LogP contribution in [0.15, 0.2) is 59.7 Å². The van der Waals surface area contributed by atoms with Crippen molar-refractivity contribution in [3.63, 3.8) is 0 Å². The highest BCUT2D eigenvalue weighted by Crippen LogP contribution is 2.19. The van der Waals surface area contributed by atoms with Crippen LogP contribution in [0.2, 0.25) is 0 Å². The summed E-state index contributed by atoms with van der Waals surface area (Å²) in [7, 11) is 0. The second-order valence-corrected chi connectivity index (χ2v) is 6.02. The van der Waals surface area contributed by atoms with E-state index in [4.69, 9.17) is 9.15 Å². The predicted octanol–water partition coefficient (Wildman–Crippen LogP) is 2.22. The van der Waals surface area contributed by atoms with Gasteiger partial charge in [-0.1, -0.05) is 0 Å². The molecular formula is C18H18N4O3. The molecule has 25 heavy (non-hydrogen) atoms. The number of ether oxygens (including phenoxy) is 1. The number of pyridine rings is 1. The first-order valence-electron chi connectivity index (χ1n) is 8.15. The van der Waals surface area contributed by atoms with Gasteiger partial charge in [-0.15, -0.1) is 0 Å². The number of fused-ring (bicyclic) bond motifs is 1. The van der Waals surface area contributed by atoms with Gasteiger partial charge in [0, 0.05) is 37.6 Å². The maximum Gasteiger partial charge on any atom is 0.289 e. The van der Waals surface area contributed by atoms with Crippen molar-refractivity contribution in [1.29, 1.82) is 0 Å². The van der Waals surface area contributed by atoms with Crippen LogP contribution in [-0.4, -0.2) is 38.5 Å². The van der Waals surface area contributed by atoms with Crippen molar-refractivity contribution in [3.05, 3.63) is 66.9 Å². The van der Waals surface area contributed by atoms with Gasteiger partial charge in [-0.05, 0) is 24.3 Å². The Hall–Kier alpha value is -3.09. The van der Waals surface area contributed by atoms with E-state index in [9.17, 15) is 4.79 Å². The fraction of sp³-hybridized carbons (Fsp3) is 0.278. The van der Waals surface area contributed by atoms with Crippen molar-refractivity contribution in [2.24, 2.45) is 5.92 Å². The fourth-order valence-electron chi connectivity index (χ4n) is 3.00. The van der Waals surface area contributed by atoms with E-state index in [0.717, 1.165) is 18.1 Å². The van der Waals surface area contributed by atoms with Crippen LogP contribution >= 0.6 is 0 Å². The normalized spacial score (nSPS) is 17.0. The highest BCUT2D eigenvalue weighted by Gasteiger charge is 2.28. The summed E-state index contributed by atoms with van der Waals surface area (Å²) in [6.45, 7) is 2.27. The van der Waals surface area contributed by atoms with E-state index in [1.807, 2.05) is 18.3 Å². The summed E-state index contributed by atoms with van der Waals surface area (Å²) in [5.41, 5.74) is 0. The van der Waals surface area contributed by atoms with Gasteiger partial charge < -0.3 is 18.6 Å². The minimum Gasteiger partial charge on any atom is -0.492 e. The van der Waals surface area contributed by atoms with Crippen molar-refractivity contribution in [2.45, 2.75) is 13.1 Å². The quantitative estimate of drug-likeness (QED) is 0.729. The van der Waals surface area contributed by atoms with Gasteiger partial charge in [0.1, 0.15) is 11.6 Å². The Labute approximate surface area is 144 Å². The number of imidazole rings is 1. The first-order valence-corrected chi connectivity index (χ1v) is 8.15. The molecule has 1 aliphatic heterocycles. The van der Waals surface area contributed by atoms with Crippen molar-refractivity contribution in [3.8, 4) is 5.75 Å². The van der Waals surface area contributed by atoms with E-state index in [1.54, 1.807) is 35.6 Å². The molecular weight excluding hydrogens is 320 g/mol. The largest absolute Gasteiger partial charge is 0.492 e. The van der Waals surface area contributed by atoms with Gasteiger partial charge in [0.2, 0.25) is 0 Å². The standard InChI is InChI=1S/C18H18N4O3/c23-18(16-4-2-8-24-16)22-11-14(10-21-7-6-20-17(21)12-22)13-25-15-3-1-5-19-9-15/h1-9,14H,10-13H2/t14-/m0/s1. The zero-order chi connectivity index (χ0) is 17.1. The molecule has 1 amide bonds. The second kappa shape index (κ2) is 6.80. The number of furan rings is 1. The summed E-state index contributed by atoms with van der Waals surface area (Å²) in [5, 5.41) is 0. The fourth-order valence-corrected chi connectivity index (χ4v) is 3.00. The van der Waals surface area contributed by atoms with Gasteiger partial charge in [-0.2, -0.15) is 0 Å². The summed E-state index contributed by atoms with van der Waals surface area (Å²) in [6.07, 6.45) is 8.60. The van der Waals surface area contributed by atoms with E-state index in [0.29, 0.717) is 25.5 Å². The third-order valence-electron chi connectivity index (χ3n) is 4.21. The third kappa shape index (κ3) is 3.40. The molecule has 0 aromatic carbocycles. The van der Waals surface area contributed by atoms with Crippen LogP contribution in [0.25, 0.3) is 0 Å². The summed E-state index contributed by atoms with van der Waals surface area (Å²) in [5.74, 6) is 1.93. The SMILES string of the molecule is O=C(c1ccco1)N1Cc2nccn2C[C@H](COc2cccnc2)C1. The molecule has 7 heteroatoms. The molecule has 0 bridgehead atoms. The number of amides is 1. The Balaban J connectivity index is 1.52. The van der Waals surface area contributed by atoms with Crippen LogP contribution in [0, 0.1) is 5.92 Å². The Morgan fingerprint density at radius 1 is 1.28 bits per heavy atom. The number of aromatic nitrogens is 3. The molecule has 0 fully saturated rings. The molecule has 3 aromatic rings. The van der Waals surface area contributed by atoms with Crippen LogP contribution in [0.1, 0.15) is 16.4 Å². The molecule has 4 rings (SSSR count). The van der Waals surface area contributed by atoms with Crippen LogP contribution in [0.3, 0.4) is 0 Å². The first kappa shape index (κ1) is 15.4. The lowest BCUT2D eigenvalue weighted by Crippen LogP contribution is -2.35. The maximum absolute atomic E-state index is 12.7. The lowest BCUT2D eigenvalue weighted by atomic mass is 10.1. The van der Waals surface area contributed by atoms with Crippen molar-refractivity contribution >= 4 is 5.91 Å². The summed E-state index contributed by atoms with van der Waals surface area (Å²) < 4.78 is 13.2. The van der Waals surface area contributed by atoms with Crippen molar-refractivity contribution in [1.82, 2.24) is 19.4 Å². The number of hydrogen-bond acceptors (Lipinski definition) is 5. The highest BCUT2D eigenvalue weighted by molar-refractivity contribution is 5.91. The van der Waals surface area contributed by atoms with Crippen LogP contribution in [0.5, 0.6) is 5.75 Å². The second-order valence-electron chi connectivity index (χ2n) is 6.02.